The number of phenols is 1. The molecule has 338 valence electrons. The zero-order chi connectivity index (χ0) is 45.7. The molecule has 0 unspecified atom stereocenters. The highest BCUT2D eigenvalue weighted by Crippen LogP contribution is 2.20. The van der Waals surface area contributed by atoms with Gasteiger partial charge in [0, 0.05) is 30.1 Å². The SMILES string of the molecule is CCCC[C@H](NC(=O)[C@@H](N)Cc1ccc(O)cc1)C(=O)NCC(=O)N[C@H](Cc1c[nH]c2ccccc12)C(=O)N[C@@H](CCCC)C(=O)N[C@@H](CC(=O)O)C(=O)NCCc1ccccc1. The number of amides is 6. The third kappa shape index (κ3) is 16.2. The van der Waals surface area contributed by atoms with Crippen LogP contribution in [0.5, 0.6) is 5.75 Å². The molecule has 1 aromatic heterocycles. The maximum Gasteiger partial charge on any atom is 0.305 e. The Bertz CT molecular complexity index is 2140. The van der Waals surface area contributed by atoms with Gasteiger partial charge in [-0.15, -0.1) is 0 Å². The van der Waals surface area contributed by atoms with Gasteiger partial charge in [-0.3, -0.25) is 33.6 Å². The number of hydrogen-bond donors (Lipinski definition) is 10. The number of hydrogen-bond acceptors (Lipinski definition) is 9. The highest BCUT2D eigenvalue weighted by Gasteiger charge is 2.31. The summed E-state index contributed by atoms with van der Waals surface area (Å²) in [6.07, 6.45) is 4.52. The van der Waals surface area contributed by atoms with Crippen molar-refractivity contribution >= 4 is 52.3 Å². The third-order valence-corrected chi connectivity index (χ3v) is 10.4. The van der Waals surface area contributed by atoms with Crippen molar-refractivity contribution < 1.29 is 43.8 Å². The zero-order valence-electron chi connectivity index (χ0n) is 35.8. The number of para-hydroxylation sites is 1. The molecule has 1 heterocycles. The number of H-pyrrole nitrogens is 1. The summed E-state index contributed by atoms with van der Waals surface area (Å²) in [7, 11) is 0. The van der Waals surface area contributed by atoms with E-state index in [4.69, 9.17) is 5.73 Å². The number of unbranched alkanes of at least 4 members (excludes halogenated alkanes) is 2. The lowest BCUT2D eigenvalue weighted by Gasteiger charge is -2.25. The number of aliphatic carboxylic acids is 1. The molecule has 0 saturated heterocycles. The number of phenolic OH excluding ortho intramolecular Hbond substituents is 1. The Morgan fingerprint density at radius 1 is 0.635 bits per heavy atom. The van der Waals surface area contributed by atoms with Crippen LogP contribution in [0, 0.1) is 0 Å². The van der Waals surface area contributed by atoms with Gasteiger partial charge in [0.15, 0.2) is 0 Å². The van der Waals surface area contributed by atoms with E-state index in [9.17, 15) is 43.8 Å². The van der Waals surface area contributed by atoms with Crippen molar-refractivity contribution in [2.24, 2.45) is 5.73 Å². The normalized spacial score (nSPS) is 13.4. The number of nitrogens with one attached hydrogen (secondary N) is 7. The fourth-order valence-corrected chi connectivity index (χ4v) is 6.90. The van der Waals surface area contributed by atoms with Crippen molar-refractivity contribution in [1.82, 2.24) is 36.9 Å². The summed E-state index contributed by atoms with van der Waals surface area (Å²) in [5.41, 5.74) is 9.30. The summed E-state index contributed by atoms with van der Waals surface area (Å²) >= 11 is 0. The van der Waals surface area contributed by atoms with Gasteiger partial charge in [-0.2, -0.15) is 0 Å². The Balaban J connectivity index is 1.45. The minimum absolute atomic E-state index is 0.0167. The van der Waals surface area contributed by atoms with Crippen LogP contribution in [0.4, 0.5) is 0 Å². The van der Waals surface area contributed by atoms with E-state index in [1.165, 1.54) is 12.1 Å². The molecule has 5 atom stereocenters. The molecule has 0 spiro atoms. The standard InChI is InChI=1S/C46H60N8O9/c1-3-5-15-36(52-42(59)34(47)24-30-18-20-32(55)21-19-30)43(60)50-28-40(56)51-38(25-31-27-49-35-17-11-10-14-33(31)35)46(63)53-37(16-6-4-2)45(62)54-39(26-41(57)58)44(61)48-23-22-29-12-8-7-9-13-29/h7-14,17-21,27,34,36-39,49,55H,3-6,15-16,22-26,28,47H2,1-2H3,(H,48,61)(H,50,60)(H,51,56)(H,52,59)(H,53,63)(H,54,62)(H,57,58)/t34-,36-,37-,38+,39-/m0/s1. The van der Waals surface area contributed by atoms with Crippen molar-refractivity contribution in [3.63, 3.8) is 0 Å². The summed E-state index contributed by atoms with van der Waals surface area (Å²) in [6, 6.07) is 17.1. The van der Waals surface area contributed by atoms with E-state index in [2.05, 4.69) is 36.9 Å². The number of nitrogens with two attached hydrogens (primary N) is 1. The summed E-state index contributed by atoms with van der Waals surface area (Å²) in [6.45, 7) is 3.47. The molecule has 17 heteroatoms. The van der Waals surface area contributed by atoms with E-state index >= 15 is 0 Å². The number of carbonyl (C=O) groups is 7. The van der Waals surface area contributed by atoms with Crippen LogP contribution in [-0.4, -0.2) is 99.9 Å². The highest BCUT2D eigenvalue weighted by molar-refractivity contribution is 5.97. The number of fused-ring (bicyclic) bond motifs is 1. The molecule has 11 N–H and O–H groups in total. The molecule has 0 bridgehead atoms. The molecule has 0 radical (unpaired) electrons. The molecule has 0 aliphatic heterocycles. The van der Waals surface area contributed by atoms with E-state index < -0.39 is 84.6 Å². The van der Waals surface area contributed by atoms with Gasteiger partial charge in [-0.1, -0.05) is 100 Å². The van der Waals surface area contributed by atoms with Crippen LogP contribution in [0.3, 0.4) is 0 Å². The molecule has 63 heavy (non-hydrogen) atoms. The molecule has 0 aliphatic rings. The average Bonchev–Trinajstić information content (AvgIpc) is 3.68. The Hall–Kier alpha value is -6.75. The van der Waals surface area contributed by atoms with Crippen molar-refractivity contribution in [3.05, 3.63) is 102 Å². The molecular formula is C46H60N8O9. The van der Waals surface area contributed by atoms with Crippen LogP contribution in [0.15, 0.2) is 85.1 Å². The first-order valence-electron chi connectivity index (χ1n) is 21.4. The van der Waals surface area contributed by atoms with Gasteiger partial charge in [0.05, 0.1) is 19.0 Å². The summed E-state index contributed by atoms with van der Waals surface area (Å²) in [4.78, 5) is 96.0. The average molecular weight is 869 g/mol. The second-order valence-electron chi connectivity index (χ2n) is 15.5. The van der Waals surface area contributed by atoms with Gasteiger partial charge in [-0.25, -0.2) is 0 Å². The van der Waals surface area contributed by atoms with Crippen LogP contribution in [0.2, 0.25) is 0 Å². The lowest BCUT2D eigenvalue weighted by Crippen LogP contribution is -2.58. The first kappa shape index (κ1) is 48.9. The van der Waals surface area contributed by atoms with Gasteiger partial charge in [0.2, 0.25) is 35.4 Å². The smallest absolute Gasteiger partial charge is 0.305 e. The first-order chi connectivity index (χ1) is 30.3. The molecule has 0 aliphatic carbocycles. The second-order valence-corrected chi connectivity index (χ2v) is 15.5. The number of aromatic nitrogens is 1. The van der Waals surface area contributed by atoms with Gasteiger partial charge in [-0.05, 0) is 60.6 Å². The van der Waals surface area contributed by atoms with Crippen LogP contribution < -0.4 is 37.6 Å². The van der Waals surface area contributed by atoms with E-state index in [1.54, 1.807) is 18.3 Å². The van der Waals surface area contributed by atoms with Crippen molar-refractivity contribution in [2.75, 3.05) is 13.1 Å². The Kier molecular flexibility index (Phi) is 19.6. The first-order valence-corrected chi connectivity index (χ1v) is 21.4. The summed E-state index contributed by atoms with van der Waals surface area (Å²) < 4.78 is 0. The van der Waals surface area contributed by atoms with E-state index in [-0.39, 0.29) is 38.0 Å². The minimum atomic E-state index is -1.43. The number of carboxylic acids is 1. The predicted molar refractivity (Wildman–Crippen MR) is 237 cm³/mol. The topological polar surface area (TPSA) is 274 Å². The van der Waals surface area contributed by atoms with Gasteiger partial charge in [0.1, 0.15) is 29.9 Å². The second kappa shape index (κ2) is 25.2. The van der Waals surface area contributed by atoms with Crippen LogP contribution in [-0.2, 0) is 52.8 Å². The van der Waals surface area contributed by atoms with E-state index in [0.717, 1.165) is 22.9 Å². The molecule has 4 aromatic rings. The third-order valence-electron chi connectivity index (χ3n) is 10.4. The molecule has 3 aromatic carbocycles. The van der Waals surface area contributed by atoms with Crippen molar-refractivity contribution in [2.45, 2.75) is 108 Å². The van der Waals surface area contributed by atoms with Gasteiger partial charge < -0.3 is 52.8 Å². The lowest BCUT2D eigenvalue weighted by molar-refractivity contribution is -0.141. The summed E-state index contributed by atoms with van der Waals surface area (Å²) in [5, 5.41) is 35.8. The molecule has 0 saturated carbocycles. The predicted octanol–water partition coefficient (Wildman–Crippen LogP) is 2.26. The summed E-state index contributed by atoms with van der Waals surface area (Å²) in [5.74, 6) is -5.35. The largest absolute Gasteiger partial charge is 0.508 e. The molecule has 0 fully saturated rings. The lowest BCUT2D eigenvalue weighted by atomic mass is 10.0. The Morgan fingerprint density at radius 2 is 1.22 bits per heavy atom. The number of carboxylic acid groups (broad SMARTS) is 1. The number of aromatic hydroxyl groups is 1. The molecule has 4 rings (SSSR count). The molecular weight excluding hydrogens is 809 g/mol. The highest BCUT2D eigenvalue weighted by atomic mass is 16.4. The zero-order valence-corrected chi connectivity index (χ0v) is 35.8. The maximum atomic E-state index is 14.1. The maximum absolute atomic E-state index is 14.1. The number of aromatic amines is 1. The fourth-order valence-electron chi connectivity index (χ4n) is 6.90. The van der Waals surface area contributed by atoms with Crippen LogP contribution in [0.25, 0.3) is 10.9 Å². The number of carbonyl (C=O) groups excluding carboxylic acids is 6. The quantitative estimate of drug-likeness (QED) is 0.0440. The molecule has 6 amide bonds. The monoisotopic (exact) mass is 868 g/mol. The van der Waals surface area contributed by atoms with Crippen LogP contribution >= 0.6 is 0 Å². The minimum Gasteiger partial charge on any atom is -0.508 e. The van der Waals surface area contributed by atoms with Crippen molar-refractivity contribution in [1.29, 1.82) is 0 Å². The van der Waals surface area contributed by atoms with Crippen LogP contribution in [0.1, 0.15) is 75.5 Å². The van der Waals surface area contributed by atoms with Gasteiger partial charge >= 0.3 is 5.97 Å². The van der Waals surface area contributed by atoms with E-state index in [1.807, 2.05) is 68.4 Å². The Morgan fingerprint density at radius 3 is 1.89 bits per heavy atom. The number of benzene rings is 3. The molecule has 17 nitrogen and oxygen atoms in total. The van der Waals surface area contributed by atoms with Crippen molar-refractivity contribution in [3.8, 4) is 5.75 Å². The number of rotatable bonds is 26. The fraction of sp³-hybridized carbons (Fsp3) is 0.413. The Labute approximate surface area is 366 Å². The van der Waals surface area contributed by atoms with E-state index in [0.29, 0.717) is 36.8 Å². The van der Waals surface area contributed by atoms with Gasteiger partial charge in [0.25, 0.3) is 0 Å².